The lowest BCUT2D eigenvalue weighted by Crippen LogP contribution is -2.27. The molecule has 1 saturated heterocycles. The van der Waals surface area contributed by atoms with Crippen LogP contribution in [0.15, 0.2) is 47.4 Å². The Morgan fingerprint density at radius 1 is 1.16 bits per heavy atom. The lowest BCUT2D eigenvalue weighted by Gasteiger charge is -2.12. The van der Waals surface area contributed by atoms with Crippen LogP contribution in [0, 0.1) is 6.92 Å². The van der Waals surface area contributed by atoms with Crippen molar-refractivity contribution < 1.29 is 19.4 Å². The Morgan fingerprint density at radius 3 is 2.52 bits per heavy atom. The quantitative estimate of drug-likeness (QED) is 0.841. The normalized spacial score (nSPS) is 15.9. The van der Waals surface area contributed by atoms with Crippen molar-refractivity contribution in [3.8, 4) is 11.5 Å². The minimum absolute atomic E-state index is 0.0184. The molecule has 0 spiro atoms. The Kier molecular flexibility index (Phi) is 4.81. The second-order valence-corrected chi connectivity index (χ2v) is 6.68. The van der Waals surface area contributed by atoms with E-state index in [1.807, 2.05) is 31.2 Å². The summed E-state index contributed by atoms with van der Waals surface area (Å²) in [5, 5.41) is 9.53. The maximum Gasteiger partial charge on any atom is 0.293 e. The first kappa shape index (κ1) is 17.1. The minimum Gasteiger partial charge on any atom is -0.504 e. The third-order valence-corrected chi connectivity index (χ3v) is 4.74. The van der Waals surface area contributed by atoms with E-state index in [0.717, 1.165) is 22.9 Å². The van der Waals surface area contributed by atoms with Crippen molar-refractivity contribution in [2.24, 2.45) is 0 Å². The molecule has 1 heterocycles. The number of carbonyl (C=O) groups excluding carboxylic acids is 2. The number of phenols is 1. The van der Waals surface area contributed by atoms with Gasteiger partial charge in [0.2, 0.25) is 0 Å². The van der Waals surface area contributed by atoms with E-state index in [1.165, 1.54) is 18.1 Å². The number of carbonyl (C=O) groups is 2. The molecule has 0 aromatic heterocycles. The highest BCUT2D eigenvalue weighted by atomic mass is 32.2. The van der Waals surface area contributed by atoms with Crippen LogP contribution in [-0.4, -0.2) is 28.3 Å². The summed E-state index contributed by atoms with van der Waals surface area (Å²) in [6, 6.07) is 12.5. The molecule has 2 amide bonds. The number of aromatic hydroxyl groups is 1. The predicted octanol–water partition coefficient (Wildman–Crippen LogP) is 3.95. The number of hydrogen-bond donors (Lipinski definition) is 1. The number of ether oxygens (including phenoxy) is 1. The largest absolute Gasteiger partial charge is 0.504 e. The number of nitrogens with zero attached hydrogens (tertiary/aromatic N) is 1. The van der Waals surface area contributed by atoms with E-state index in [-0.39, 0.29) is 23.4 Å². The van der Waals surface area contributed by atoms with Gasteiger partial charge in [0, 0.05) is 0 Å². The van der Waals surface area contributed by atoms with Gasteiger partial charge in [0.25, 0.3) is 11.1 Å². The Hall–Kier alpha value is -2.73. The van der Waals surface area contributed by atoms with Gasteiger partial charge < -0.3 is 9.84 Å². The number of rotatable bonds is 4. The molecule has 0 unspecified atom stereocenters. The fourth-order valence-corrected chi connectivity index (χ4v) is 3.30. The van der Waals surface area contributed by atoms with E-state index in [9.17, 15) is 14.7 Å². The van der Waals surface area contributed by atoms with E-state index in [4.69, 9.17) is 4.74 Å². The maximum absolute atomic E-state index is 12.5. The number of benzene rings is 2. The summed E-state index contributed by atoms with van der Waals surface area (Å²) in [6.07, 6.45) is 1.60. The van der Waals surface area contributed by atoms with Gasteiger partial charge in [0.1, 0.15) is 0 Å². The van der Waals surface area contributed by atoms with E-state index < -0.39 is 0 Å². The van der Waals surface area contributed by atoms with Crippen molar-refractivity contribution >= 4 is 29.0 Å². The molecule has 0 aliphatic carbocycles. The number of amides is 2. The number of imide groups is 1. The van der Waals surface area contributed by atoms with Crippen LogP contribution in [0.2, 0.25) is 0 Å². The van der Waals surface area contributed by atoms with Gasteiger partial charge in [-0.15, -0.1) is 0 Å². The summed E-state index contributed by atoms with van der Waals surface area (Å²) in [4.78, 5) is 26.3. The molecule has 5 nitrogen and oxygen atoms in total. The third kappa shape index (κ3) is 3.69. The van der Waals surface area contributed by atoms with Crippen molar-refractivity contribution in [2.75, 3.05) is 7.11 Å². The smallest absolute Gasteiger partial charge is 0.293 e. The van der Waals surface area contributed by atoms with Gasteiger partial charge in [-0.3, -0.25) is 14.5 Å². The number of methoxy groups -OCH3 is 1. The lowest BCUT2D eigenvalue weighted by atomic mass is 10.1. The second-order valence-electron chi connectivity index (χ2n) is 5.68. The molecule has 3 rings (SSSR count). The van der Waals surface area contributed by atoms with E-state index in [0.29, 0.717) is 16.2 Å². The number of phenolic OH excluding ortho intramolecular Hbond substituents is 1. The lowest BCUT2D eigenvalue weighted by molar-refractivity contribution is -0.123. The molecule has 2 aromatic rings. The SMILES string of the molecule is COc1ccc(/C=C2\SC(=O)N(Cc3ccc(C)cc3)C2=O)cc1O. The second kappa shape index (κ2) is 7.03. The first-order valence-corrected chi connectivity index (χ1v) is 8.47. The molecule has 1 aliphatic rings. The topological polar surface area (TPSA) is 66.8 Å². The van der Waals surface area contributed by atoms with Crippen LogP contribution in [0.5, 0.6) is 11.5 Å². The summed E-state index contributed by atoms with van der Waals surface area (Å²) in [5.74, 6) is 0.00522. The first-order chi connectivity index (χ1) is 12.0. The molecule has 0 atom stereocenters. The molecule has 1 N–H and O–H groups in total. The summed E-state index contributed by atoms with van der Waals surface area (Å²) in [5.41, 5.74) is 2.65. The summed E-state index contributed by atoms with van der Waals surface area (Å²) in [6.45, 7) is 2.23. The van der Waals surface area contributed by atoms with Crippen LogP contribution < -0.4 is 4.74 Å². The van der Waals surface area contributed by atoms with Gasteiger partial charge in [-0.1, -0.05) is 35.9 Å². The number of thioether (sulfide) groups is 1. The van der Waals surface area contributed by atoms with E-state index >= 15 is 0 Å². The van der Waals surface area contributed by atoms with Crippen LogP contribution in [0.3, 0.4) is 0 Å². The minimum atomic E-state index is -0.328. The van der Waals surface area contributed by atoms with Crippen molar-refractivity contribution in [1.82, 2.24) is 4.90 Å². The highest BCUT2D eigenvalue weighted by Crippen LogP contribution is 2.34. The van der Waals surface area contributed by atoms with Crippen molar-refractivity contribution in [3.63, 3.8) is 0 Å². The average molecular weight is 355 g/mol. The van der Waals surface area contributed by atoms with Gasteiger partial charge in [-0.05, 0) is 48.0 Å². The van der Waals surface area contributed by atoms with Gasteiger partial charge in [0.15, 0.2) is 11.5 Å². The van der Waals surface area contributed by atoms with Crippen LogP contribution >= 0.6 is 11.8 Å². The standard InChI is InChI=1S/C19H17NO4S/c1-12-3-5-13(6-4-12)11-20-18(22)17(25-19(20)23)10-14-7-8-16(24-2)15(21)9-14/h3-10,21H,11H2,1-2H3/b17-10-. The molecule has 6 heteroatoms. The van der Waals surface area contributed by atoms with Crippen LogP contribution in [0.25, 0.3) is 6.08 Å². The van der Waals surface area contributed by atoms with Gasteiger partial charge in [0.05, 0.1) is 18.6 Å². The van der Waals surface area contributed by atoms with Crippen LogP contribution in [0.4, 0.5) is 4.79 Å². The Balaban J connectivity index is 1.80. The molecule has 0 radical (unpaired) electrons. The van der Waals surface area contributed by atoms with Gasteiger partial charge in [-0.25, -0.2) is 0 Å². The Morgan fingerprint density at radius 2 is 1.88 bits per heavy atom. The average Bonchev–Trinajstić information content (AvgIpc) is 2.84. The zero-order chi connectivity index (χ0) is 18.0. The molecular weight excluding hydrogens is 338 g/mol. The van der Waals surface area contributed by atoms with E-state index in [1.54, 1.807) is 18.2 Å². The molecule has 1 fully saturated rings. The van der Waals surface area contributed by atoms with Crippen molar-refractivity contribution in [1.29, 1.82) is 0 Å². The zero-order valence-electron chi connectivity index (χ0n) is 13.9. The summed E-state index contributed by atoms with van der Waals surface area (Å²) >= 11 is 0.900. The fourth-order valence-electron chi connectivity index (χ4n) is 2.46. The van der Waals surface area contributed by atoms with Crippen LogP contribution in [-0.2, 0) is 11.3 Å². The highest BCUT2D eigenvalue weighted by Gasteiger charge is 2.34. The Bertz CT molecular complexity index is 858. The molecule has 25 heavy (non-hydrogen) atoms. The van der Waals surface area contributed by atoms with Crippen molar-refractivity contribution in [2.45, 2.75) is 13.5 Å². The molecule has 0 bridgehead atoms. The van der Waals surface area contributed by atoms with Gasteiger partial charge >= 0.3 is 0 Å². The van der Waals surface area contributed by atoms with Gasteiger partial charge in [-0.2, -0.15) is 0 Å². The van der Waals surface area contributed by atoms with Crippen LogP contribution in [0.1, 0.15) is 16.7 Å². The summed E-state index contributed by atoms with van der Waals surface area (Å²) < 4.78 is 4.99. The molecular formula is C19H17NO4S. The highest BCUT2D eigenvalue weighted by molar-refractivity contribution is 8.18. The maximum atomic E-state index is 12.5. The third-order valence-electron chi connectivity index (χ3n) is 3.84. The molecule has 0 saturated carbocycles. The monoisotopic (exact) mass is 355 g/mol. The molecule has 128 valence electrons. The molecule has 2 aromatic carbocycles. The van der Waals surface area contributed by atoms with Crippen molar-refractivity contribution in [3.05, 3.63) is 64.1 Å². The number of aryl methyl sites for hydroxylation is 1. The zero-order valence-corrected chi connectivity index (χ0v) is 14.7. The fraction of sp³-hybridized carbons (Fsp3) is 0.158. The number of hydrogen-bond acceptors (Lipinski definition) is 5. The predicted molar refractivity (Wildman–Crippen MR) is 97.4 cm³/mol. The molecule has 1 aliphatic heterocycles. The Labute approximate surface area is 149 Å². The first-order valence-electron chi connectivity index (χ1n) is 7.66. The summed E-state index contributed by atoms with van der Waals surface area (Å²) in [7, 11) is 1.46. The van der Waals surface area contributed by atoms with E-state index in [2.05, 4.69) is 0 Å².